The van der Waals surface area contributed by atoms with Crippen molar-refractivity contribution in [1.29, 1.82) is 0 Å². The summed E-state index contributed by atoms with van der Waals surface area (Å²) in [6.07, 6.45) is 3.27. The molecule has 1 aliphatic rings. The highest BCUT2D eigenvalue weighted by Crippen LogP contribution is 2.29. The molecule has 1 aliphatic carbocycles. The smallest absolute Gasteiger partial charge is 0.407 e. The van der Waals surface area contributed by atoms with Gasteiger partial charge in [-0.25, -0.2) is 4.79 Å². The van der Waals surface area contributed by atoms with Crippen molar-refractivity contribution in [3.63, 3.8) is 0 Å². The van der Waals surface area contributed by atoms with Crippen LogP contribution < -0.4 is 5.32 Å². The molecule has 0 spiro atoms. The first-order chi connectivity index (χ1) is 6.77. The van der Waals surface area contributed by atoms with Crippen LogP contribution in [0.2, 0.25) is 0 Å². The van der Waals surface area contributed by atoms with E-state index in [0.717, 1.165) is 12.2 Å². The molecule has 1 saturated carbocycles. The zero-order chi connectivity index (χ0) is 10.4. The maximum absolute atomic E-state index is 11.2. The molecule has 1 fully saturated rings. The highest BCUT2D eigenvalue weighted by atomic mass is 32.2. The van der Waals surface area contributed by atoms with Crippen molar-refractivity contribution in [1.82, 2.24) is 5.32 Å². The van der Waals surface area contributed by atoms with Crippen LogP contribution in [-0.2, 0) is 4.74 Å². The predicted octanol–water partition coefficient (Wildman–Crippen LogP) is 2.41. The van der Waals surface area contributed by atoms with Gasteiger partial charge >= 0.3 is 6.09 Å². The Labute approximate surface area is 90.0 Å². The van der Waals surface area contributed by atoms with Crippen molar-refractivity contribution in [3.8, 4) is 0 Å². The van der Waals surface area contributed by atoms with Gasteiger partial charge in [0.25, 0.3) is 0 Å². The minimum atomic E-state index is -0.263. The molecule has 3 nitrogen and oxygen atoms in total. The van der Waals surface area contributed by atoms with Gasteiger partial charge in [0, 0.05) is 11.3 Å². The molecule has 0 aliphatic heterocycles. The Morgan fingerprint density at radius 3 is 2.93 bits per heavy atom. The molecule has 0 saturated heterocycles. The number of amides is 1. The first-order valence-electron chi connectivity index (χ1n) is 5.32. The maximum atomic E-state index is 11.2. The third-order valence-corrected chi connectivity index (χ3v) is 3.74. The van der Waals surface area contributed by atoms with Gasteiger partial charge in [0.2, 0.25) is 0 Å². The van der Waals surface area contributed by atoms with E-state index in [1.165, 1.54) is 12.8 Å². The second-order valence-corrected chi connectivity index (χ2v) is 4.91. The number of ether oxygens (including phenoxy) is 1. The molecule has 0 radical (unpaired) electrons. The van der Waals surface area contributed by atoms with Crippen LogP contribution in [0.3, 0.4) is 0 Å². The van der Waals surface area contributed by atoms with E-state index < -0.39 is 0 Å². The van der Waals surface area contributed by atoms with Crippen molar-refractivity contribution in [2.45, 2.75) is 44.4 Å². The zero-order valence-corrected chi connectivity index (χ0v) is 9.73. The lowest BCUT2D eigenvalue weighted by Crippen LogP contribution is -2.39. The van der Waals surface area contributed by atoms with E-state index in [-0.39, 0.29) is 6.09 Å². The Balaban J connectivity index is 2.31. The maximum Gasteiger partial charge on any atom is 0.407 e. The molecule has 82 valence electrons. The number of hydrogen-bond acceptors (Lipinski definition) is 3. The van der Waals surface area contributed by atoms with Crippen LogP contribution in [0.4, 0.5) is 4.79 Å². The highest BCUT2D eigenvalue weighted by molar-refractivity contribution is 7.99. The monoisotopic (exact) mass is 217 g/mol. The number of thioether (sulfide) groups is 1. The van der Waals surface area contributed by atoms with Crippen LogP contribution in [0.1, 0.15) is 33.1 Å². The fourth-order valence-corrected chi connectivity index (χ4v) is 3.03. The molecule has 1 amide bonds. The van der Waals surface area contributed by atoms with Crippen LogP contribution in [0.15, 0.2) is 0 Å². The van der Waals surface area contributed by atoms with E-state index in [9.17, 15) is 4.79 Å². The molecule has 14 heavy (non-hydrogen) atoms. The molecule has 0 heterocycles. The summed E-state index contributed by atoms with van der Waals surface area (Å²) in [6, 6.07) is 0.319. The normalized spacial score (nSPS) is 26.1. The molecule has 0 aromatic rings. The standard InChI is InChI=1S/C10H19NO2S/c1-3-13-10(12)11-8-6-5-7-9(8)14-4-2/h8-9H,3-7H2,1-2H3,(H,11,12). The van der Waals surface area contributed by atoms with Gasteiger partial charge in [0.15, 0.2) is 0 Å². The van der Waals surface area contributed by atoms with Gasteiger partial charge in [0.1, 0.15) is 0 Å². The van der Waals surface area contributed by atoms with E-state index in [1.807, 2.05) is 18.7 Å². The Hall–Kier alpha value is -0.380. The number of alkyl carbamates (subject to hydrolysis) is 1. The van der Waals surface area contributed by atoms with E-state index in [1.54, 1.807) is 0 Å². The lowest BCUT2D eigenvalue weighted by Gasteiger charge is -2.19. The third kappa shape index (κ3) is 3.40. The molecule has 0 aromatic carbocycles. The Morgan fingerprint density at radius 1 is 1.50 bits per heavy atom. The molecule has 0 aromatic heterocycles. The summed E-state index contributed by atoms with van der Waals surface area (Å²) < 4.78 is 4.87. The minimum Gasteiger partial charge on any atom is -0.450 e. The van der Waals surface area contributed by atoms with Crippen molar-refractivity contribution in [3.05, 3.63) is 0 Å². The van der Waals surface area contributed by atoms with Crippen LogP contribution in [0.25, 0.3) is 0 Å². The average Bonchev–Trinajstić information content (AvgIpc) is 2.54. The first-order valence-corrected chi connectivity index (χ1v) is 6.37. The summed E-state index contributed by atoms with van der Waals surface area (Å²) in [4.78, 5) is 11.2. The van der Waals surface area contributed by atoms with Crippen LogP contribution in [-0.4, -0.2) is 29.7 Å². The van der Waals surface area contributed by atoms with Crippen LogP contribution in [0.5, 0.6) is 0 Å². The fraction of sp³-hybridized carbons (Fsp3) is 0.900. The van der Waals surface area contributed by atoms with E-state index in [0.29, 0.717) is 17.9 Å². The lowest BCUT2D eigenvalue weighted by molar-refractivity contribution is 0.148. The summed E-state index contributed by atoms with van der Waals surface area (Å²) >= 11 is 1.94. The Morgan fingerprint density at radius 2 is 2.29 bits per heavy atom. The Kier molecular flexibility index (Phi) is 5.15. The van der Waals surface area contributed by atoms with Crippen LogP contribution >= 0.6 is 11.8 Å². The van der Waals surface area contributed by atoms with Gasteiger partial charge in [-0.15, -0.1) is 0 Å². The molecule has 1 rings (SSSR count). The molecule has 0 bridgehead atoms. The molecule has 4 heteroatoms. The zero-order valence-electron chi connectivity index (χ0n) is 8.91. The SMILES string of the molecule is CCOC(=O)NC1CCCC1SCC. The van der Waals surface area contributed by atoms with E-state index in [4.69, 9.17) is 4.74 Å². The second kappa shape index (κ2) is 6.17. The van der Waals surface area contributed by atoms with Gasteiger partial charge in [-0.2, -0.15) is 11.8 Å². The summed E-state index contributed by atoms with van der Waals surface area (Å²) in [7, 11) is 0. The van der Waals surface area contributed by atoms with Gasteiger partial charge in [-0.1, -0.05) is 13.3 Å². The van der Waals surface area contributed by atoms with Crippen molar-refractivity contribution in [2.24, 2.45) is 0 Å². The minimum absolute atomic E-state index is 0.263. The van der Waals surface area contributed by atoms with Gasteiger partial charge in [-0.3, -0.25) is 0 Å². The molecular weight excluding hydrogens is 198 g/mol. The highest BCUT2D eigenvalue weighted by Gasteiger charge is 2.28. The number of rotatable bonds is 4. The predicted molar refractivity (Wildman–Crippen MR) is 59.7 cm³/mol. The van der Waals surface area contributed by atoms with Gasteiger partial charge < -0.3 is 10.1 Å². The van der Waals surface area contributed by atoms with Crippen molar-refractivity contribution >= 4 is 17.9 Å². The number of carbonyl (C=O) groups is 1. The van der Waals surface area contributed by atoms with Crippen LogP contribution in [0, 0.1) is 0 Å². The molecule has 2 atom stereocenters. The number of nitrogens with one attached hydrogen (secondary N) is 1. The van der Waals surface area contributed by atoms with Crippen molar-refractivity contribution in [2.75, 3.05) is 12.4 Å². The molecule has 1 N–H and O–H groups in total. The molecule has 2 unspecified atom stereocenters. The van der Waals surface area contributed by atoms with E-state index >= 15 is 0 Å². The molecular formula is C10H19NO2S. The largest absolute Gasteiger partial charge is 0.450 e. The summed E-state index contributed by atoms with van der Waals surface area (Å²) in [5.74, 6) is 1.12. The summed E-state index contributed by atoms with van der Waals surface area (Å²) in [5, 5.41) is 3.52. The summed E-state index contributed by atoms with van der Waals surface area (Å²) in [6.45, 7) is 4.43. The Bertz CT molecular complexity index is 187. The van der Waals surface area contributed by atoms with Crippen molar-refractivity contribution < 1.29 is 9.53 Å². The first kappa shape index (κ1) is 11.7. The quantitative estimate of drug-likeness (QED) is 0.786. The van der Waals surface area contributed by atoms with Gasteiger partial charge in [0.05, 0.1) is 6.61 Å². The third-order valence-electron chi connectivity index (χ3n) is 2.41. The number of hydrogen-bond donors (Lipinski definition) is 1. The average molecular weight is 217 g/mol. The van der Waals surface area contributed by atoms with Gasteiger partial charge in [-0.05, 0) is 25.5 Å². The topological polar surface area (TPSA) is 38.3 Å². The number of carbonyl (C=O) groups excluding carboxylic acids is 1. The summed E-state index contributed by atoms with van der Waals surface area (Å²) in [5.41, 5.74) is 0. The van der Waals surface area contributed by atoms with E-state index in [2.05, 4.69) is 12.2 Å². The lowest BCUT2D eigenvalue weighted by atomic mass is 10.2. The second-order valence-electron chi connectivity index (χ2n) is 3.40. The fourth-order valence-electron chi connectivity index (χ4n) is 1.83.